The number of aliphatic imine (C=N–C) groups is 1. The summed E-state index contributed by atoms with van der Waals surface area (Å²) in [6, 6.07) is 7.93. The average molecular weight is 394 g/mol. The SMILES string of the molecule is CN=C(NCCN1CCCS1(=O)=O)NCc1ccc(N2CCCC2=O)cc1. The highest BCUT2D eigenvalue weighted by atomic mass is 32.2. The number of guanidine groups is 1. The molecule has 8 nitrogen and oxygen atoms in total. The zero-order valence-corrected chi connectivity index (χ0v) is 16.5. The molecule has 0 bridgehead atoms. The number of sulfonamides is 1. The van der Waals surface area contributed by atoms with Gasteiger partial charge in [-0.3, -0.25) is 9.79 Å². The van der Waals surface area contributed by atoms with Crippen LogP contribution >= 0.6 is 0 Å². The van der Waals surface area contributed by atoms with E-state index in [1.807, 2.05) is 29.2 Å². The van der Waals surface area contributed by atoms with Crippen LogP contribution in [-0.4, -0.2) is 63.6 Å². The number of amides is 1. The number of benzene rings is 1. The van der Waals surface area contributed by atoms with Gasteiger partial charge in [0.2, 0.25) is 15.9 Å². The number of nitrogens with one attached hydrogen (secondary N) is 2. The third kappa shape index (κ3) is 4.98. The van der Waals surface area contributed by atoms with E-state index < -0.39 is 10.0 Å². The fraction of sp³-hybridized carbons (Fsp3) is 0.556. The van der Waals surface area contributed by atoms with Gasteiger partial charge in [-0.2, -0.15) is 0 Å². The first-order valence-corrected chi connectivity index (χ1v) is 10.9. The number of hydrogen-bond acceptors (Lipinski definition) is 4. The van der Waals surface area contributed by atoms with Crippen LogP contribution in [0.2, 0.25) is 0 Å². The largest absolute Gasteiger partial charge is 0.355 e. The van der Waals surface area contributed by atoms with Gasteiger partial charge in [0.15, 0.2) is 5.96 Å². The van der Waals surface area contributed by atoms with Gasteiger partial charge in [0.25, 0.3) is 0 Å². The Morgan fingerprint density at radius 2 is 1.93 bits per heavy atom. The van der Waals surface area contributed by atoms with Crippen LogP contribution in [0.4, 0.5) is 5.69 Å². The molecule has 27 heavy (non-hydrogen) atoms. The van der Waals surface area contributed by atoms with Gasteiger partial charge < -0.3 is 15.5 Å². The highest BCUT2D eigenvalue weighted by Crippen LogP contribution is 2.21. The van der Waals surface area contributed by atoms with Crippen molar-refractivity contribution in [2.24, 2.45) is 4.99 Å². The van der Waals surface area contributed by atoms with E-state index in [-0.39, 0.29) is 11.7 Å². The van der Waals surface area contributed by atoms with Crippen molar-refractivity contribution in [3.8, 4) is 0 Å². The Morgan fingerprint density at radius 3 is 2.52 bits per heavy atom. The molecular formula is C18H27N5O3S. The van der Waals surface area contributed by atoms with Crippen molar-refractivity contribution in [3.63, 3.8) is 0 Å². The number of hydrogen-bond donors (Lipinski definition) is 2. The minimum Gasteiger partial charge on any atom is -0.355 e. The number of nitrogens with zero attached hydrogens (tertiary/aromatic N) is 3. The van der Waals surface area contributed by atoms with E-state index in [0.29, 0.717) is 45.0 Å². The third-order valence-electron chi connectivity index (χ3n) is 4.86. The molecule has 0 aromatic heterocycles. The number of carbonyl (C=O) groups excluding carboxylic acids is 1. The minimum absolute atomic E-state index is 0.186. The van der Waals surface area contributed by atoms with Gasteiger partial charge in [0.1, 0.15) is 0 Å². The van der Waals surface area contributed by atoms with E-state index >= 15 is 0 Å². The van der Waals surface area contributed by atoms with Gasteiger partial charge in [-0.1, -0.05) is 12.1 Å². The van der Waals surface area contributed by atoms with Gasteiger partial charge in [0, 0.05) is 51.9 Å². The summed E-state index contributed by atoms with van der Waals surface area (Å²) in [6.07, 6.45) is 2.25. The lowest BCUT2D eigenvalue weighted by molar-refractivity contribution is -0.117. The second kappa shape index (κ2) is 8.71. The summed E-state index contributed by atoms with van der Waals surface area (Å²) in [5, 5.41) is 6.37. The summed E-state index contributed by atoms with van der Waals surface area (Å²) in [5.41, 5.74) is 2.02. The molecule has 0 unspecified atom stereocenters. The molecule has 2 aliphatic heterocycles. The first-order chi connectivity index (χ1) is 13.0. The molecule has 2 N–H and O–H groups in total. The van der Waals surface area contributed by atoms with Crippen LogP contribution in [0.25, 0.3) is 0 Å². The maximum Gasteiger partial charge on any atom is 0.227 e. The van der Waals surface area contributed by atoms with Crippen molar-refractivity contribution in [2.45, 2.75) is 25.8 Å². The molecule has 1 aromatic carbocycles. The predicted octanol–water partition coefficient (Wildman–Crippen LogP) is 0.514. The maximum atomic E-state index is 11.8. The van der Waals surface area contributed by atoms with Crippen molar-refractivity contribution in [1.29, 1.82) is 0 Å². The topological polar surface area (TPSA) is 94.1 Å². The van der Waals surface area contributed by atoms with Gasteiger partial charge in [-0.15, -0.1) is 0 Å². The molecule has 0 aliphatic carbocycles. The molecule has 1 amide bonds. The van der Waals surface area contributed by atoms with Gasteiger partial charge in [0.05, 0.1) is 5.75 Å². The van der Waals surface area contributed by atoms with Crippen LogP contribution in [0.3, 0.4) is 0 Å². The molecule has 2 heterocycles. The van der Waals surface area contributed by atoms with Crippen LogP contribution in [0.5, 0.6) is 0 Å². The summed E-state index contributed by atoms with van der Waals surface area (Å²) >= 11 is 0. The second-order valence-corrected chi connectivity index (χ2v) is 8.83. The molecule has 0 spiro atoms. The lowest BCUT2D eigenvalue weighted by atomic mass is 10.2. The highest BCUT2D eigenvalue weighted by molar-refractivity contribution is 7.89. The summed E-state index contributed by atoms with van der Waals surface area (Å²) in [7, 11) is -1.37. The highest BCUT2D eigenvalue weighted by Gasteiger charge is 2.27. The minimum atomic E-state index is -3.06. The zero-order valence-electron chi connectivity index (χ0n) is 15.6. The van der Waals surface area contributed by atoms with E-state index in [4.69, 9.17) is 0 Å². The molecule has 2 fully saturated rings. The monoisotopic (exact) mass is 393 g/mol. The molecule has 0 atom stereocenters. The Labute approximate surface area is 160 Å². The molecule has 148 valence electrons. The van der Waals surface area contributed by atoms with E-state index in [2.05, 4.69) is 15.6 Å². The smallest absolute Gasteiger partial charge is 0.227 e. The number of rotatable bonds is 6. The molecule has 3 rings (SSSR count). The summed E-state index contributed by atoms with van der Waals surface area (Å²) in [4.78, 5) is 17.8. The fourth-order valence-electron chi connectivity index (χ4n) is 3.36. The van der Waals surface area contributed by atoms with Crippen molar-refractivity contribution in [3.05, 3.63) is 29.8 Å². The van der Waals surface area contributed by atoms with Crippen molar-refractivity contribution in [1.82, 2.24) is 14.9 Å². The Hall–Kier alpha value is -2.13. The summed E-state index contributed by atoms with van der Waals surface area (Å²) in [6.45, 7) is 2.94. The number of carbonyl (C=O) groups is 1. The van der Waals surface area contributed by atoms with Gasteiger partial charge >= 0.3 is 0 Å². The molecular weight excluding hydrogens is 366 g/mol. The van der Waals surface area contributed by atoms with Gasteiger partial charge in [-0.05, 0) is 30.5 Å². The molecule has 9 heteroatoms. The molecule has 2 aliphatic rings. The quantitative estimate of drug-likeness (QED) is 0.543. The summed E-state index contributed by atoms with van der Waals surface area (Å²) < 4.78 is 25.1. The standard InChI is InChI=1S/C18H27N5O3S/c1-19-18(20-9-12-22-10-3-13-27(22,25)26)21-14-15-5-7-16(8-6-15)23-11-2-4-17(23)24/h5-8H,2-4,9-14H2,1H3,(H2,19,20,21). The van der Waals surface area contributed by atoms with E-state index in [1.165, 1.54) is 4.31 Å². The molecule has 2 saturated heterocycles. The molecule has 1 aromatic rings. The maximum absolute atomic E-state index is 11.8. The van der Waals surface area contributed by atoms with Crippen molar-refractivity contribution >= 4 is 27.6 Å². The Bertz CT molecular complexity index is 792. The first kappa shape index (κ1) is 19.6. The Kier molecular flexibility index (Phi) is 6.33. The Morgan fingerprint density at radius 1 is 1.15 bits per heavy atom. The molecule has 0 radical (unpaired) electrons. The average Bonchev–Trinajstić information content (AvgIpc) is 3.23. The van der Waals surface area contributed by atoms with E-state index in [1.54, 1.807) is 7.05 Å². The van der Waals surface area contributed by atoms with Crippen LogP contribution in [0.15, 0.2) is 29.3 Å². The van der Waals surface area contributed by atoms with Gasteiger partial charge in [-0.25, -0.2) is 12.7 Å². The predicted molar refractivity (Wildman–Crippen MR) is 106 cm³/mol. The normalized spacial score (nSPS) is 20.3. The van der Waals surface area contributed by atoms with Crippen molar-refractivity contribution < 1.29 is 13.2 Å². The second-order valence-electron chi connectivity index (χ2n) is 6.74. The third-order valence-corrected chi connectivity index (χ3v) is 6.82. The van der Waals surface area contributed by atoms with Crippen LogP contribution < -0.4 is 15.5 Å². The van der Waals surface area contributed by atoms with Crippen LogP contribution in [0, 0.1) is 0 Å². The summed E-state index contributed by atoms with van der Waals surface area (Å²) in [5.74, 6) is 1.06. The molecule has 0 saturated carbocycles. The van der Waals surface area contributed by atoms with Crippen LogP contribution in [0.1, 0.15) is 24.8 Å². The van der Waals surface area contributed by atoms with Crippen LogP contribution in [-0.2, 0) is 21.4 Å². The number of anilines is 1. The van der Waals surface area contributed by atoms with E-state index in [9.17, 15) is 13.2 Å². The van der Waals surface area contributed by atoms with E-state index in [0.717, 1.165) is 24.2 Å². The zero-order chi connectivity index (χ0) is 19.3. The lowest BCUT2D eigenvalue weighted by Crippen LogP contribution is -2.41. The van der Waals surface area contributed by atoms with Crippen molar-refractivity contribution in [2.75, 3.05) is 43.9 Å². The Balaban J connectivity index is 1.44. The fourth-order valence-corrected chi connectivity index (χ4v) is 4.89. The first-order valence-electron chi connectivity index (χ1n) is 9.31. The lowest BCUT2D eigenvalue weighted by Gasteiger charge is -2.17.